The molecule has 7 heteroatoms. The zero-order valence-corrected chi connectivity index (χ0v) is 8.68. The summed E-state index contributed by atoms with van der Waals surface area (Å²) in [6, 6.07) is 3.01. The van der Waals surface area contributed by atoms with Crippen molar-refractivity contribution in [2.75, 3.05) is 0 Å². The molecule has 0 aliphatic rings. The Kier molecular flexibility index (Phi) is 2.84. The molecule has 0 radical (unpaired) electrons. The van der Waals surface area contributed by atoms with Crippen LogP contribution in [0, 0.1) is 5.82 Å². The molecule has 1 aromatic heterocycles. The van der Waals surface area contributed by atoms with E-state index in [1.807, 2.05) is 0 Å². The number of Topliss-reactive ketones (excluding diaryl/α,β-unsaturated/α-hetero) is 1. The molecule has 0 saturated heterocycles. The van der Waals surface area contributed by atoms with Gasteiger partial charge in [0.25, 0.3) is 0 Å². The Morgan fingerprint density at radius 2 is 1.94 bits per heavy atom. The van der Waals surface area contributed by atoms with Crippen LogP contribution in [0.2, 0.25) is 0 Å². The number of alkyl halides is 4. The van der Waals surface area contributed by atoms with E-state index in [2.05, 4.69) is 4.98 Å². The van der Waals surface area contributed by atoms with Gasteiger partial charge in [-0.2, -0.15) is 8.78 Å². The molecule has 1 N–H and O–H groups in total. The second-order valence-electron chi connectivity index (χ2n) is 3.65. The van der Waals surface area contributed by atoms with Crippen molar-refractivity contribution < 1.29 is 26.7 Å². The van der Waals surface area contributed by atoms with Crippen LogP contribution in [0.15, 0.2) is 24.4 Å². The van der Waals surface area contributed by atoms with Gasteiger partial charge in [-0.05, 0) is 18.2 Å². The third kappa shape index (κ3) is 1.85. The van der Waals surface area contributed by atoms with E-state index in [1.54, 1.807) is 0 Å². The first-order valence-corrected chi connectivity index (χ1v) is 4.81. The second kappa shape index (κ2) is 4.08. The Morgan fingerprint density at radius 1 is 1.28 bits per heavy atom. The number of halogens is 5. The molecule has 18 heavy (non-hydrogen) atoms. The monoisotopic (exact) mass is 263 g/mol. The van der Waals surface area contributed by atoms with Gasteiger partial charge in [-0.25, -0.2) is 13.2 Å². The predicted octanol–water partition coefficient (Wildman–Crippen LogP) is 3.39. The van der Waals surface area contributed by atoms with Crippen molar-refractivity contribution in [2.24, 2.45) is 0 Å². The number of benzene rings is 1. The van der Waals surface area contributed by atoms with E-state index in [-0.39, 0.29) is 10.9 Å². The molecule has 0 aliphatic carbocycles. The molecule has 0 amide bonds. The molecule has 1 aromatic carbocycles. The smallest absolute Gasteiger partial charge is 0.360 e. The van der Waals surface area contributed by atoms with Crippen LogP contribution in [0.5, 0.6) is 0 Å². The van der Waals surface area contributed by atoms with Crippen molar-refractivity contribution in [3.63, 3.8) is 0 Å². The Balaban J connectivity index is 2.52. The molecule has 0 unspecified atom stereocenters. The van der Waals surface area contributed by atoms with Gasteiger partial charge in [0.2, 0.25) is 5.78 Å². The molecule has 0 bridgehead atoms. The van der Waals surface area contributed by atoms with Crippen LogP contribution in [0.25, 0.3) is 10.9 Å². The van der Waals surface area contributed by atoms with Crippen molar-refractivity contribution in [3.8, 4) is 0 Å². The zero-order valence-electron chi connectivity index (χ0n) is 8.68. The number of rotatable bonds is 3. The van der Waals surface area contributed by atoms with Gasteiger partial charge in [-0.1, -0.05) is 0 Å². The average Bonchev–Trinajstić information content (AvgIpc) is 2.70. The number of fused-ring (bicyclic) bond motifs is 1. The van der Waals surface area contributed by atoms with Gasteiger partial charge in [-0.15, -0.1) is 0 Å². The number of carbonyl (C=O) groups is 1. The molecule has 0 saturated carbocycles. The average molecular weight is 263 g/mol. The summed E-state index contributed by atoms with van der Waals surface area (Å²) in [6.07, 6.45) is -3.22. The molecular weight excluding hydrogens is 257 g/mol. The topological polar surface area (TPSA) is 32.9 Å². The highest BCUT2D eigenvalue weighted by Gasteiger charge is 2.49. The van der Waals surface area contributed by atoms with Crippen molar-refractivity contribution in [2.45, 2.75) is 12.3 Å². The van der Waals surface area contributed by atoms with Gasteiger partial charge < -0.3 is 4.98 Å². The number of nitrogens with one attached hydrogen (secondary N) is 1. The summed E-state index contributed by atoms with van der Waals surface area (Å²) in [5, 5.41) is -0.0262. The lowest BCUT2D eigenvalue weighted by atomic mass is 10.0. The minimum absolute atomic E-state index is 0.0262. The summed E-state index contributed by atoms with van der Waals surface area (Å²) < 4.78 is 62.8. The number of aromatic nitrogens is 1. The Bertz CT molecular complexity index is 604. The highest BCUT2D eigenvalue weighted by atomic mass is 19.3. The van der Waals surface area contributed by atoms with E-state index >= 15 is 0 Å². The van der Waals surface area contributed by atoms with Crippen molar-refractivity contribution in [1.29, 1.82) is 0 Å². The molecule has 2 nitrogen and oxygen atoms in total. The summed E-state index contributed by atoms with van der Waals surface area (Å²) in [6.45, 7) is 0. The first kappa shape index (κ1) is 12.5. The van der Waals surface area contributed by atoms with Gasteiger partial charge in [0.1, 0.15) is 5.82 Å². The number of hydrogen-bond acceptors (Lipinski definition) is 1. The fourth-order valence-electron chi connectivity index (χ4n) is 1.56. The van der Waals surface area contributed by atoms with Crippen molar-refractivity contribution >= 4 is 16.7 Å². The SMILES string of the molecule is O=C(c1c[nH]c2cc(F)ccc12)C(F)(F)C(F)F. The zero-order chi connectivity index (χ0) is 13.5. The molecule has 0 atom stereocenters. The van der Waals surface area contributed by atoms with Crippen LogP contribution in [0.4, 0.5) is 22.0 Å². The molecule has 0 fully saturated rings. The lowest BCUT2D eigenvalue weighted by Gasteiger charge is -2.12. The number of ketones is 1. The van der Waals surface area contributed by atoms with Gasteiger partial charge in [0.15, 0.2) is 0 Å². The van der Waals surface area contributed by atoms with Crippen molar-refractivity contribution in [3.05, 3.63) is 35.8 Å². The normalized spacial score (nSPS) is 12.3. The molecule has 0 spiro atoms. The third-order valence-corrected chi connectivity index (χ3v) is 2.47. The number of hydrogen-bond donors (Lipinski definition) is 1. The molecule has 96 valence electrons. The first-order valence-electron chi connectivity index (χ1n) is 4.81. The van der Waals surface area contributed by atoms with E-state index in [4.69, 9.17) is 0 Å². The van der Waals surface area contributed by atoms with E-state index in [1.165, 1.54) is 0 Å². The number of aromatic amines is 1. The third-order valence-electron chi connectivity index (χ3n) is 2.47. The second-order valence-corrected chi connectivity index (χ2v) is 3.65. The maximum absolute atomic E-state index is 12.9. The molecule has 2 rings (SSSR count). The summed E-state index contributed by atoms with van der Waals surface area (Å²) >= 11 is 0. The van der Waals surface area contributed by atoms with Crippen LogP contribution in [0.1, 0.15) is 10.4 Å². The van der Waals surface area contributed by atoms with Crippen LogP contribution >= 0.6 is 0 Å². The highest BCUT2D eigenvalue weighted by Crippen LogP contribution is 2.30. The Morgan fingerprint density at radius 3 is 2.56 bits per heavy atom. The lowest BCUT2D eigenvalue weighted by Crippen LogP contribution is -2.36. The van der Waals surface area contributed by atoms with Crippen LogP contribution in [-0.2, 0) is 0 Å². The minimum atomic E-state index is -4.76. The van der Waals surface area contributed by atoms with E-state index in [0.717, 1.165) is 24.4 Å². The highest BCUT2D eigenvalue weighted by molar-refractivity contribution is 6.11. The van der Waals surface area contributed by atoms with Crippen LogP contribution in [0.3, 0.4) is 0 Å². The van der Waals surface area contributed by atoms with Gasteiger partial charge >= 0.3 is 12.3 Å². The lowest BCUT2D eigenvalue weighted by molar-refractivity contribution is -0.0957. The molecule has 2 aromatic rings. The largest absolute Gasteiger partial charge is 0.368 e. The van der Waals surface area contributed by atoms with Gasteiger partial charge in [-0.3, -0.25) is 4.79 Å². The van der Waals surface area contributed by atoms with E-state index in [9.17, 15) is 26.7 Å². The molecule has 1 heterocycles. The summed E-state index contributed by atoms with van der Waals surface area (Å²) in [7, 11) is 0. The van der Waals surface area contributed by atoms with Gasteiger partial charge in [0.05, 0.1) is 0 Å². The van der Waals surface area contributed by atoms with Crippen LogP contribution < -0.4 is 0 Å². The first-order chi connectivity index (χ1) is 8.34. The summed E-state index contributed by atoms with van der Waals surface area (Å²) in [5.41, 5.74) is -0.501. The minimum Gasteiger partial charge on any atom is -0.360 e. The number of carbonyl (C=O) groups excluding carboxylic acids is 1. The standard InChI is InChI=1S/C11H6F5NO/c12-5-1-2-6-7(4-17-8(6)3-5)9(18)11(15,16)10(13)14/h1-4,10,17H. The summed E-state index contributed by atoms with van der Waals surface area (Å²) in [4.78, 5) is 13.7. The van der Waals surface area contributed by atoms with Crippen LogP contribution in [-0.4, -0.2) is 23.1 Å². The maximum atomic E-state index is 12.9. The van der Waals surface area contributed by atoms with Gasteiger partial charge in [0, 0.05) is 22.7 Å². The quantitative estimate of drug-likeness (QED) is 0.668. The predicted molar refractivity (Wildman–Crippen MR) is 53.5 cm³/mol. The molecular formula is C11H6F5NO. The van der Waals surface area contributed by atoms with E-state index in [0.29, 0.717) is 0 Å². The Hall–Kier alpha value is -1.92. The molecule has 0 aliphatic heterocycles. The van der Waals surface area contributed by atoms with Crippen molar-refractivity contribution in [1.82, 2.24) is 4.98 Å². The Labute approximate surface area is 97.4 Å². The number of H-pyrrole nitrogens is 1. The maximum Gasteiger partial charge on any atom is 0.368 e. The fraction of sp³-hybridized carbons (Fsp3) is 0.182. The summed E-state index contributed by atoms with van der Waals surface area (Å²) in [5.74, 6) is -7.39. The van der Waals surface area contributed by atoms with E-state index < -0.39 is 29.5 Å². The fourth-order valence-corrected chi connectivity index (χ4v) is 1.56.